The molecule has 0 saturated carbocycles. The number of hydrogen-bond donors (Lipinski definition) is 0. The molecule has 1 aliphatic heterocycles. The maximum absolute atomic E-state index is 13.3. The topological polar surface area (TPSA) is 89.7 Å². The molecule has 9 heteroatoms. The van der Waals surface area contributed by atoms with Crippen LogP contribution in [0.5, 0.6) is 0 Å². The van der Waals surface area contributed by atoms with Crippen molar-refractivity contribution in [1.82, 2.24) is 24.1 Å². The molecule has 0 aromatic carbocycles. The molecule has 0 spiro atoms. The number of likely N-dealkylation sites (tertiary alicyclic amines) is 1. The summed E-state index contributed by atoms with van der Waals surface area (Å²) in [6.07, 6.45) is 7.44. The number of nitrogens with zero attached hydrogens (tertiary/aromatic N) is 5. The van der Waals surface area contributed by atoms with E-state index in [1.165, 1.54) is 6.92 Å². The molecule has 3 heterocycles. The number of amides is 2. The van der Waals surface area contributed by atoms with E-state index in [0.717, 1.165) is 18.7 Å². The van der Waals surface area contributed by atoms with Crippen LogP contribution in [0, 0.1) is 0 Å². The first-order chi connectivity index (χ1) is 15.1. The average molecular weight is 444 g/mol. The average Bonchev–Trinajstić information content (AvgIpc) is 3.27. The second-order valence-electron chi connectivity index (χ2n) is 9.21. The second-order valence-corrected chi connectivity index (χ2v) is 9.21. The number of aryl methyl sites for hydroxylation is 1. The van der Waals surface area contributed by atoms with Gasteiger partial charge in [-0.3, -0.25) is 19.1 Å². The smallest absolute Gasteiger partial charge is 0.326 e. The highest BCUT2D eigenvalue weighted by Gasteiger charge is 2.30. The lowest BCUT2D eigenvalue weighted by atomic mass is 10.1. The molecule has 32 heavy (non-hydrogen) atoms. The first-order valence-electron chi connectivity index (χ1n) is 11.0. The molecular formula is C23H33N5O4. The van der Waals surface area contributed by atoms with Gasteiger partial charge in [0.05, 0.1) is 6.20 Å². The molecule has 1 fully saturated rings. The molecule has 2 amide bonds. The standard InChI is InChI=1S/C23H33N5O4/c1-17(29)28(16-20(30)32-23(2,3)4)18-9-8-13-27(14-10-18)22(31)19-15-24-25(5)21(19)26-11-6-7-12-26/h6-7,11-12,15,18H,8-10,13-14,16H2,1-5H3. The van der Waals surface area contributed by atoms with Gasteiger partial charge in [-0.15, -0.1) is 0 Å². The van der Waals surface area contributed by atoms with Gasteiger partial charge in [0.1, 0.15) is 23.5 Å². The lowest BCUT2D eigenvalue weighted by molar-refractivity contribution is -0.159. The van der Waals surface area contributed by atoms with Gasteiger partial charge in [0, 0.05) is 45.5 Å². The Morgan fingerprint density at radius 1 is 1.16 bits per heavy atom. The van der Waals surface area contributed by atoms with Crippen molar-refractivity contribution < 1.29 is 19.1 Å². The molecule has 174 valence electrons. The fraction of sp³-hybridized carbons (Fsp3) is 0.565. The summed E-state index contributed by atoms with van der Waals surface area (Å²) in [5, 5.41) is 4.28. The molecule has 0 bridgehead atoms. The Hall–Kier alpha value is -3.10. The predicted molar refractivity (Wildman–Crippen MR) is 119 cm³/mol. The van der Waals surface area contributed by atoms with Crippen molar-refractivity contribution in [2.75, 3.05) is 19.6 Å². The van der Waals surface area contributed by atoms with Gasteiger partial charge in [0.25, 0.3) is 5.91 Å². The molecule has 1 aliphatic rings. The molecule has 1 atom stereocenters. The number of carbonyl (C=O) groups is 3. The maximum atomic E-state index is 13.3. The fourth-order valence-electron chi connectivity index (χ4n) is 4.14. The van der Waals surface area contributed by atoms with E-state index in [1.54, 1.807) is 36.5 Å². The van der Waals surface area contributed by atoms with Crippen LogP contribution < -0.4 is 0 Å². The zero-order valence-electron chi connectivity index (χ0n) is 19.6. The monoisotopic (exact) mass is 443 g/mol. The predicted octanol–water partition coefficient (Wildman–Crippen LogP) is 2.40. The van der Waals surface area contributed by atoms with Crippen LogP contribution in [0.3, 0.4) is 0 Å². The number of rotatable bonds is 5. The number of esters is 1. The highest BCUT2D eigenvalue weighted by atomic mass is 16.6. The van der Waals surface area contributed by atoms with Crippen LogP contribution in [0.25, 0.3) is 5.82 Å². The third kappa shape index (κ3) is 5.57. The van der Waals surface area contributed by atoms with Gasteiger partial charge >= 0.3 is 5.97 Å². The van der Waals surface area contributed by atoms with Crippen molar-refractivity contribution >= 4 is 17.8 Å². The van der Waals surface area contributed by atoms with Crippen LogP contribution in [0.1, 0.15) is 57.3 Å². The third-order valence-electron chi connectivity index (χ3n) is 5.54. The van der Waals surface area contributed by atoms with Crippen molar-refractivity contribution in [2.24, 2.45) is 7.05 Å². The Morgan fingerprint density at radius 2 is 1.84 bits per heavy atom. The van der Waals surface area contributed by atoms with Crippen LogP contribution >= 0.6 is 0 Å². The highest BCUT2D eigenvalue weighted by Crippen LogP contribution is 2.22. The Balaban J connectivity index is 1.70. The van der Waals surface area contributed by atoms with E-state index in [2.05, 4.69) is 5.10 Å². The minimum Gasteiger partial charge on any atom is -0.459 e. The van der Waals surface area contributed by atoms with Gasteiger partial charge in [-0.2, -0.15) is 5.10 Å². The van der Waals surface area contributed by atoms with E-state index in [4.69, 9.17) is 4.74 Å². The van der Waals surface area contributed by atoms with Gasteiger partial charge in [0.2, 0.25) is 5.91 Å². The maximum Gasteiger partial charge on any atom is 0.326 e. The number of carbonyl (C=O) groups excluding carboxylic acids is 3. The van der Waals surface area contributed by atoms with Gasteiger partial charge in [-0.1, -0.05) is 0 Å². The summed E-state index contributed by atoms with van der Waals surface area (Å²) in [5.74, 6) is 0.0550. The minimum atomic E-state index is -0.604. The molecule has 0 radical (unpaired) electrons. The van der Waals surface area contributed by atoms with E-state index in [-0.39, 0.29) is 24.4 Å². The van der Waals surface area contributed by atoms with Crippen molar-refractivity contribution in [3.05, 3.63) is 36.3 Å². The fourth-order valence-corrected chi connectivity index (χ4v) is 4.14. The van der Waals surface area contributed by atoms with Gasteiger partial charge in [-0.25, -0.2) is 0 Å². The van der Waals surface area contributed by atoms with E-state index in [1.807, 2.05) is 41.0 Å². The summed E-state index contributed by atoms with van der Waals surface area (Å²) in [7, 11) is 1.81. The summed E-state index contributed by atoms with van der Waals surface area (Å²) < 4.78 is 8.96. The number of aromatic nitrogens is 3. The molecular weight excluding hydrogens is 410 g/mol. The van der Waals surface area contributed by atoms with Crippen LogP contribution in [0.4, 0.5) is 0 Å². The van der Waals surface area contributed by atoms with Crippen molar-refractivity contribution in [3.8, 4) is 5.82 Å². The van der Waals surface area contributed by atoms with Crippen LogP contribution in [0.15, 0.2) is 30.7 Å². The van der Waals surface area contributed by atoms with E-state index in [9.17, 15) is 14.4 Å². The van der Waals surface area contributed by atoms with E-state index >= 15 is 0 Å². The summed E-state index contributed by atoms with van der Waals surface area (Å²) in [6, 6.07) is 3.69. The molecule has 1 unspecified atom stereocenters. The minimum absolute atomic E-state index is 0.0778. The van der Waals surface area contributed by atoms with Gasteiger partial charge in [-0.05, 0) is 52.2 Å². The first-order valence-corrected chi connectivity index (χ1v) is 11.0. The highest BCUT2D eigenvalue weighted by molar-refractivity contribution is 5.97. The summed E-state index contributed by atoms with van der Waals surface area (Å²) in [6.45, 7) is 7.90. The molecule has 0 N–H and O–H groups in total. The second kappa shape index (κ2) is 9.58. The van der Waals surface area contributed by atoms with Crippen molar-refractivity contribution in [3.63, 3.8) is 0 Å². The molecule has 3 rings (SSSR count). The SMILES string of the molecule is CC(=O)N(CC(=O)OC(C)(C)C)C1CCCN(C(=O)c2cnn(C)c2-n2cccc2)CC1. The Kier molecular flexibility index (Phi) is 7.06. The Bertz CT molecular complexity index is 958. The lowest BCUT2D eigenvalue weighted by Crippen LogP contribution is -2.44. The van der Waals surface area contributed by atoms with E-state index in [0.29, 0.717) is 25.1 Å². The lowest BCUT2D eigenvalue weighted by Gasteiger charge is -2.31. The summed E-state index contributed by atoms with van der Waals surface area (Å²) in [5.41, 5.74) is -0.0628. The van der Waals surface area contributed by atoms with Crippen molar-refractivity contribution in [1.29, 1.82) is 0 Å². The molecule has 9 nitrogen and oxygen atoms in total. The van der Waals surface area contributed by atoms with Gasteiger partial charge in [0.15, 0.2) is 0 Å². The largest absolute Gasteiger partial charge is 0.459 e. The molecule has 0 aliphatic carbocycles. The zero-order valence-corrected chi connectivity index (χ0v) is 19.6. The summed E-state index contributed by atoms with van der Waals surface area (Å²) >= 11 is 0. The van der Waals surface area contributed by atoms with Crippen molar-refractivity contribution in [2.45, 2.75) is 58.6 Å². The normalized spacial score (nSPS) is 17.0. The summed E-state index contributed by atoms with van der Waals surface area (Å²) in [4.78, 5) is 41.3. The zero-order chi connectivity index (χ0) is 23.5. The third-order valence-corrected chi connectivity index (χ3v) is 5.54. The quantitative estimate of drug-likeness (QED) is 0.662. The van der Waals surface area contributed by atoms with Crippen LogP contribution in [-0.4, -0.2) is 73.2 Å². The number of ether oxygens (including phenoxy) is 1. The van der Waals surface area contributed by atoms with Crippen LogP contribution in [-0.2, 0) is 21.4 Å². The first kappa shape index (κ1) is 23.6. The van der Waals surface area contributed by atoms with Gasteiger partial charge < -0.3 is 19.1 Å². The Labute approximate surface area is 188 Å². The van der Waals surface area contributed by atoms with E-state index < -0.39 is 11.6 Å². The Morgan fingerprint density at radius 3 is 2.47 bits per heavy atom. The molecule has 2 aromatic heterocycles. The number of hydrogen-bond acceptors (Lipinski definition) is 5. The molecule has 1 saturated heterocycles. The molecule has 2 aromatic rings. The van der Waals surface area contributed by atoms with Crippen LogP contribution in [0.2, 0.25) is 0 Å².